The van der Waals surface area contributed by atoms with E-state index < -0.39 is 0 Å². The van der Waals surface area contributed by atoms with Gasteiger partial charge >= 0.3 is 0 Å². The predicted molar refractivity (Wildman–Crippen MR) is 94.7 cm³/mol. The third-order valence-corrected chi connectivity index (χ3v) is 3.88. The molecule has 0 unspecified atom stereocenters. The summed E-state index contributed by atoms with van der Waals surface area (Å²) in [4.78, 5) is 0. The highest BCUT2D eigenvalue weighted by atomic mass is 14.1. The highest BCUT2D eigenvalue weighted by molar-refractivity contribution is 5.98. The zero-order valence-electron chi connectivity index (χ0n) is 12.0. The van der Waals surface area contributed by atoms with Crippen molar-refractivity contribution < 1.29 is 0 Å². The van der Waals surface area contributed by atoms with Crippen LogP contribution in [0.4, 0.5) is 0 Å². The van der Waals surface area contributed by atoms with Crippen LogP contribution in [-0.4, -0.2) is 0 Å². The molecule has 0 N–H and O–H groups in total. The molecule has 3 aromatic carbocycles. The van der Waals surface area contributed by atoms with Crippen LogP contribution < -0.4 is 0 Å². The summed E-state index contributed by atoms with van der Waals surface area (Å²) in [5.74, 6) is 0. The van der Waals surface area contributed by atoms with Crippen LogP contribution in [0.25, 0.3) is 21.9 Å². The number of hydrogen-bond acceptors (Lipinski definition) is 0. The van der Waals surface area contributed by atoms with Gasteiger partial charge in [-0.25, -0.2) is 0 Å². The maximum atomic E-state index is 2.31. The van der Waals surface area contributed by atoms with E-state index in [4.69, 9.17) is 0 Å². The largest absolute Gasteiger partial charge is 0.0776 e. The highest BCUT2D eigenvalue weighted by Gasteiger charge is 2.09. The molecule has 0 fully saturated rings. The van der Waals surface area contributed by atoms with E-state index in [1.807, 2.05) is 0 Å². The molecule has 0 heterocycles. The average Bonchev–Trinajstić information content (AvgIpc) is 2.53. The van der Waals surface area contributed by atoms with Gasteiger partial charge in [0.05, 0.1) is 0 Å². The minimum atomic E-state index is 0. The molecule has 0 saturated heterocycles. The molecule has 0 nitrogen and oxygen atoms in total. The van der Waals surface area contributed by atoms with Gasteiger partial charge in [0.2, 0.25) is 0 Å². The van der Waals surface area contributed by atoms with Gasteiger partial charge in [-0.3, -0.25) is 0 Å². The van der Waals surface area contributed by atoms with Crippen LogP contribution in [0.15, 0.2) is 66.7 Å². The van der Waals surface area contributed by atoms with Crippen molar-refractivity contribution in [2.45, 2.75) is 33.6 Å². The molecule has 0 aromatic heterocycles. The first kappa shape index (κ1) is 15.3. The lowest BCUT2D eigenvalue weighted by Gasteiger charge is -2.13. The van der Waals surface area contributed by atoms with Gasteiger partial charge in [-0.2, -0.15) is 0 Å². The Morgan fingerprint density at radius 2 is 1.48 bits per heavy atom. The zero-order valence-corrected chi connectivity index (χ0v) is 12.0. The van der Waals surface area contributed by atoms with E-state index in [-0.39, 0.29) is 7.43 Å². The summed E-state index contributed by atoms with van der Waals surface area (Å²) >= 11 is 0. The molecule has 0 heteroatoms. The van der Waals surface area contributed by atoms with Crippen LogP contribution in [-0.2, 0) is 6.42 Å². The van der Waals surface area contributed by atoms with Crippen LogP contribution in [0.3, 0.4) is 0 Å². The summed E-state index contributed by atoms with van der Waals surface area (Å²) in [6, 6.07) is 24.0. The van der Waals surface area contributed by atoms with Gasteiger partial charge in [-0.05, 0) is 40.3 Å². The van der Waals surface area contributed by atoms with Crippen molar-refractivity contribution in [2.24, 2.45) is 0 Å². The van der Waals surface area contributed by atoms with Gasteiger partial charge < -0.3 is 0 Å². The minimum absolute atomic E-state index is 0. The molecule has 21 heavy (non-hydrogen) atoms. The average molecular weight is 276 g/mol. The highest BCUT2D eigenvalue weighted by Crippen LogP contribution is 2.32. The topological polar surface area (TPSA) is 0 Å². The normalized spacial score (nSPS) is 10.3. The third-order valence-electron chi connectivity index (χ3n) is 3.88. The Hall–Kier alpha value is -2.08. The van der Waals surface area contributed by atoms with Crippen molar-refractivity contribution in [1.29, 1.82) is 0 Å². The third kappa shape index (κ3) is 3.16. The molecule has 0 aliphatic carbocycles. The number of hydrogen-bond donors (Lipinski definition) is 0. The van der Waals surface area contributed by atoms with Crippen molar-refractivity contribution >= 4 is 10.8 Å². The first-order valence-electron chi connectivity index (χ1n) is 7.46. The standard InChI is InChI=1S/C20H20.CH4/c1-2-3-9-18-15-14-16-10-7-8-13-19(16)20(18)17-11-5-4-6-12-17;/h4-8,10-15H,2-3,9H2,1H3;1H4. The Morgan fingerprint density at radius 1 is 0.762 bits per heavy atom. The van der Waals surface area contributed by atoms with Gasteiger partial charge in [0.1, 0.15) is 0 Å². The molecule has 0 amide bonds. The fraction of sp³-hybridized carbons (Fsp3) is 0.238. The SMILES string of the molecule is C.CCCCc1ccc2ccccc2c1-c1ccccc1. The molecule has 0 spiro atoms. The van der Waals surface area contributed by atoms with E-state index >= 15 is 0 Å². The van der Waals surface area contributed by atoms with Crippen LogP contribution in [0.5, 0.6) is 0 Å². The Kier molecular flexibility index (Phi) is 5.16. The van der Waals surface area contributed by atoms with Gasteiger partial charge in [0.15, 0.2) is 0 Å². The summed E-state index contributed by atoms with van der Waals surface area (Å²) < 4.78 is 0. The fourth-order valence-corrected chi connectivity index (χ4v) is 2.84. The Bertz CT molecular complexity index is 696. The molecule has 0 radical (unpaired) electrons. The number of aryl methyl sites for hydroxylation is 1. The summed E-state index contributed by atoms with van der Waals surface area (Å²) in [5, 5.41) is 2.69. The molecule has 0 atom stereocenters. The van der Waals surface area contributed by atoms with E-state index in [1.54, 1.807) is 0 Å². The molecule has 0 aliphatic heterocycles. The summed E-state index contributed by atoms with van der Waals surface area (Å²) in [7, 11) is 0. The summed E-state index contributed by atoms with van der Waals surface area (Å²) in [6.07, 6.45) is 3.64. The zero-order chi connectivity index (χ0) is 13.8. The van der Waals surface area contributed by atoms with Crippen LogP contribution in [0.1, 0.15) is 32.8 Å². The van der Waals surface area contributed by atoms with E-state index in [1.165, 1.54) is 40.3 Å². The molecule has 108 valence electrons. The minimum Gasteiger partial charge on any atom is -0.0776 e. The summed E-state index contributed by atoms with van der Waals surface area (Å²) in [6.45, 7) is 2.25. The van der Waals surface area contributed by atoms with Gasteiger partial charge in [-0.15, -0.1) is 0 Å². The Labute approximate surface area is 128 Å². The molecule has 3 rings (SSSR count). The number of rotatable bonds is 4. The van der Waals surface area contributed by atoms with Gasteiger partial charge in [0.25, 0.3) is 0 Å². The Balaban J connectivity index is 0.00000161. The fourth-order valence-electron chi connectivity index (χ4n) is 2.84. The molecule has 0 aliphatic rings. The molecular formula is C21H24. The maximum Gasteiger partial charge on any atom is -0.00733 e. The van der Waals surface area contributed by atoms with E-state index in [2.05, 4.69) is 73.7 Å². The quantitative estimate of drug-likeness (QED) is 0.511. The van der Waals surface area contributed by atoms with E-state index in [0.29, 0.717) is 0 Å². The van der Waals surface area contributed by atoms with Crippen LogP contribution in [0, 0.1) is 0 Å². The lowest BCUT2D eigenvalue weighted by atomic mass is 9.91. The summed E-state index contributed by atoms with van der Waals surface area (Å²) in [5.41, 5.74) is 4.21. The molecular weight excluding hydrogens is 252 g/mol. The smallest absolute Gasteiger partial charge is 0.00733 e. The van der Waals surface area contributed by atoms with E-state index in [0.717, 1.165) is 6.42 Å². The second-order valence-electron chi connectivity index (χ2n) is 5.29. The predicted octanol–water partition coefficient (Wildman–Crippen LogP) is 6.49. The van der Waals surface area contributed by atoms with Crippen molar-refractivity contribution in [1.82, 2.24) is 0 Å². The lowest BCUT2D eigenvalue weighted by Crippen LogP contribution is -1.92. The molecule has 3 aromatic rings. The van der Waals surface area contributed by atoms with Gasteiger partial charge in [-0.1, -0.05) is 87.5 Å². The molecule has 0 bridgehead atoms. The van der Waals surface area contributed by atoms with Crippen molar-refractivity contribution in [3.63, 3.8) is 0 Å². The number of fused-ring (bicyclic) bond motifs is 1. The first-order valence-corrected chi connectivity index (χ1v) is 7.46. The number of unbranched alkanes of at least 4 members (excludes halogenated alkanes) is 1. The second kappa shape index (κ2) is 7.08. The van der Waals surface area contributed by atoms with Crippen molar-refractivity contribution in [2.75, 3.05) is 0 Å². The van der Waals surface area contributed by atoms with Crippen LogP contribution in [0.2, 0.25) is 0 Å². The van der Waals surface area contributed by atoms with Crippen molar-refractivity contribution in [3.8, 4) is 11.1 Å². The monoisotopic (exact) mass is 276 g/mol. The molecule has 0 saturated carbocycles. The van der Waals surface area contributed by atoms with Gasteiger partial charge in [0, 0.05) is 0 Å². The maximum absolute atomic E-state index is 2.31. The Morgan fingerprint density at radius 3 is 2.24 bits per heavy atom. The first-order chi connectivity index (χ1) is 9.90. The van der Waals surface area contributed by atoms with Crippen molar-refractivity contribution in [3.05, 3.63) is 72.3 Å². The second-order valence-corrected chi connectivity index (χ2v) is 5.29. The van der Waals surface area contributed by atoms with E-state index in [9.17, 15) is 0 Å². The number of benzene rings is 3. The van der Waals surface area contributed by atoms with Crippen LogP contribution >= 0.6 is 0 Å². The lowest BCUT2D eigenvalue weighted by molar-refractivity contribution is 0.797.